The number of nitrogens with one attached hydrogen (secondary N) is 1. The van der Waals surface area contributed by atoms with Gasteiger partial charge in [0.25, 0.3) is 10.0 Å². The van der Waals surface area contributed by atoms with Crippen molar-refractivity contribution in [2.75, 3.05) is 4.72 Å². The summed E-state index contributed by atoms with van der Waals surface area (Å²) in [6.07, 6.45) is 1.37. The van der Waals surface area contributed by atoms with Crippen LogP contribution in [0.2, 0.25) is 0 Å². The van der Waals surface area contributed by atoms with Crippen molar-refractivity contribution in [3.63, 3.8) is 0 Å². The first kappa shape index (κ1) is 13.5. The van der Waals surface area contributed by atoms with Gasteiger partial charge in [-0.25, -0.2) is 13.4 Å². The van der Waals surface area contributed by atoms with E-state index in [1.807, 2.05) is 19.1 Å². The first-order valence-electron chi connectivity index (χ1n) is 5.10. The molecule has 1 aromatic carbocycles. The van der Waals surface area contributed by atoms with E-state index < -0.39 is 10.0 Å². The van der Waals surface area contributed by atoms with Gasteiger partial charge >= 0.3 is 0 Å². The van der Waals surface area contributed by atoms with Crippen LogP contribution in [0.5, 0.6) is 0 Å². The van der Waals surface area contributed by atoms with E-state index in [9.17, 15) is 8.42 Å². The SMILES string of the molecule is Cc1ccc(NS(=O)(=O)c2cnc(C)s2)c(Br)c1. The maximum atomic E-state index is 12.1. The van der Waals surface area contributed by atoms with Crippen LogP contribution in [0.4, 0.5) is 5.69 Å². The molecule has 0 aliphatic heterocycles. The zero-order valence-corrected chi connectivity index (χ0v) is 13.0. The number of hydrogen-bond acceptors (Lipinski definition) is 4. The molecule has 0 spiro atoms. The minimum Gasteiger partial charge on any atom is -0.278 e. The molecule has 1 aromatic heterocycles. The number of nitrogens with zero attached hydrogens (tertiary/aromatic N) is 1. The monoisotopic (exact) mass is 346 g/mol. The highest BCUT2D eigenvalue weighted by Gasteiger charge is 2.18. The Morgan fingerprint density at radius 1 is 1.33 bits per heavy atom. The third-order valence-electron chi connectivity index (χ3n) is 2.23. The van der Waals surface area contributed by atoms with Crippen LogP contribution >= 0.6 is 27.3 Å². The molecule has 2 aromatic rings. The van der Waals surface area contributed by atoms with Crippen LogP contribution in [-0.2, 0) is 10.0 Å². The third kappa shape index (κ3) is 2.90. The fraction of sp³-hybridized carbons (Fsp3) is 0.182. The second-order valence-corrected chi connectivity index (χ2v) is 7.79. The maximum absolute atomic E-state index is 12.1. The summed E-state index contributed by atoms with van der Waals surface area (Å²) >= 11 is 4.48. The van der Waals surface area contributed by atoms with Crippen molar-refractivity contribution < 1.29 is 8.42 Å². The van der Waals surface area contributed by atoms with Gasteiger partial charge in [0.1, 0.15) is 0 Å². The summed E-state index contributed by atoms with van der Waals surface area (Å²) in [5.41, 5.74) is 1.57. The van der Waals surface area contributed by atoms with Crippen molar-refractivity contribution in [3.8, 4) is 0 Å². The Kier molecular flexibility index (Phi) is 3.74. The van der Waals surface area contributed by atoms with Crippen LogP contribution in [0, 0.1) is 13.8 Å². The lowest BCUT2D eigenvalue weighted by molar-refractivity contribution is 0.603. The van der Waals surface area contributed by atoms with E-state index in [1.54, 1.807) is 13.0 Å². The van der Waals surface area contributed by atoms with Crippen LogP contribution in [0.25, 0.3) is 0 Å². The van der Waals surface area contributed by atoms with Gasteiger partial charge in [0, 0.05) is 4.47 Å². The second-order valence-electron chi connectivity index (χ2n) is 3.79. The molecule has 0 saturated heterocycles. The van der Waals surface area contributed by atoms with E-state index in [0.29, 0.717) is 10.2 Å². The molecule has 2 rings (SSSR count). The quantitative estimate of drug-likeness (QED) is 0.927. The molecular formula is C11H11BrN2O2S2. The number of benzene rings is 1. The zero-order valence-electron chi connectivity index (χ0n) is 9.77. The van der Waals surface area contributed by atoms with E-state index in [4.69, 9.17) is 0 Å². The highest BCUT2D eigenvalue weighted by atomic mass is 79.9. The summed E-state index contributed by atoms with van der Waals surface area (Å²) < 4.78 is 27.7. The van der Waals surface area contributed by atoms with Gasteiger partial charge in [-0.15, -0.1) is 11.3 Å². The summed E-state index contributed by atoms with van der Waals surface area (Å²) in [5, 5.41) is 0.721. The summed E-state index contributed by atoms with van der Waals surface area (Å²) in [5.74, 6) is 0. The van der Waals surface area contributed by atoms with E-state index in [-0.39, 0.29) is 4.21 Å². The van der Waals surface area contributed by atoms with Crippen LogP contribution in [-0.4, -0.2) is 13.4 Å². The molecule has 0 fully saturated rings. The molecule has 0 bridgehead atoms. The molecule has 96 valence electrons. The molecule has 0 atom stereocenters. The highest BCUT2D eigenvalue weighted by molar-refractivity contribution is 9.10. The number of hydrogen-bond donors (Lipinski definition) is 1. The maximum Gasteiger partial charge on any atom is 0.273 e. The smallest absolute Gasteiger partial charge is 0.273 e. The van der Waals surface area contributed by atoms with Crippen LogP contribution in [0.15, 0.2) is 33.1 Å². The summed E-state index contributed by atoms with van der Waals surface area (Å²) in [4.78, 5) is 3.95. The van der Waals surface area contributed by atoms with Gasteiger partial charge in [-0.1, -0.05) is 6.07 Å². The molecular weight excluding hydrogens is 336 g/mol. The summed E-state index contributed by atoms with van der Waals surface area (Å²) in [6.45, 7) is 3.71. The molecule has 1 N–H and O–H groups in total. The van der Waals surface area contributed by atoms with Crippen molar-refractivity contribution in [1.29, 1.82) is 0 Å². The lowest BCUT2D eigenvalue weighted by Gasteiger charge is -2.08. The van der Waals surface area contributed by atoms with Crippen molar-refractivity contribution in [1.82, 2.24) is 4.98 Å². The third-order valence-corrected chi connectivity index (χ3v) is 5.63. The Hall–Kier alpha value is -0.920. The standard InChI is InChI=1S/C11H11BrN2O2S2/c1-7-3-4-10(9(12)5-7)14-18(15,16)11-6-13-8(2)17-11/h3-6,14H,1-2H3. The van der Waals surface area contributed by atoms with Crippen LogP contribution in [0.1, 0.15) is 10.6 Å². The minimum absolute atomic E-state index is 0.215. The van der Waals surface area contributed by atoms with Crippen LogP contribution < -0.4 is 4.72 Å². The molecule has 4 nitrogen and oxygen atoms in total. The topological polar surface area (TPSA) is 59.1 Å². The van der Waals surface area contributed by atoms with Crippen molar-refractivity contribution in [2.45, 2.75) is 18.1 Å². The number of rotatable bonds is 3. The van der Waals surface area contributed by atoms with Gasteiger partial charge in [-0.05, 0) is 47.5 Å². The highest BCUT2D eigenvalue weighted by Crippen LogP contribution is 2.27. The summed E-state index contributed by atoms with van der Waals surface area (Å²) in [7, 11) is -3.55. The van der Waals surface area contributed by atoms with Crippen LogP contribution in [0.3, 0.4) is 0 Å². The molecule has 0 unspecified atom stereocenters. The predicted octanol–water partition coefficient (Wildman–Crippen LogP) is 3.32. The van der Waals surface area contributed by atoms with E-state index in [1.165, 1.54) is 6.20 Å². The Balaban J connectivity index is 2.33. The lowest BCUT2D eigenvalue weighted by Crippen LogP contribution is -2.11. The molecule has 18 heavy (non-hydrogen) atoms. The summed E-state index contributed by atoms with van der Waals surface area (Å²) in [6, 6.07) is 5.43. The first-order valence-corrected chi connectivity index (χ1v) is 8.19. The van der Waals surface area contributed by atoms with Gasteiger partial charge in [0.15, 0.2) is 4.21 Å². The van der Waals surface area contributed by atoms with Gasteiger partial charge < -0.3 is 0 Å². The molecule has 0 amide bonds. The van der Waals surface area contributed by atoms with Crippen molar-refractivity contribution in [3.05, 3.63) is 39.4 Å². The first-order chi connectivity index (χ1) is 8.38. The second kappa shape index (κ2) is 4.99. The Morgan fingerprint density at radius 3 is 2.61 bits per heavy atom. The predicted molar refractivity (Wildman–Crippen MR) is 76.5 cm³/mol. The fourth-order valence-corrected chi connectivity index (χ4v) is 4.27. The molecule has 0 aliphatic carbocycles. The van der Waals surface area contributed by atoms with Gasteiger partial charge in [0.2, 0.25) is 0 Å². The van der Waals surface area contributed by atoms with E-state index in [2.05, 4.69) is 25.6 Å². The Labute approximate surface area is 118 Å². The molecule has 0 aliphatic rings. The lowest BCUT2D eigenvalue weighted by atomic mass is 10.2. The largest absolute Gasteiger partial charge is 0.278 e. The average Bonchev–Trinajstić information content (AvgIpc) is 2.70. The fourth-order valence-electron chi connectivity index (χ4n) is 1.36. The average molecular weight is 347 g/mol. The van der Waals surface area contributed by atoms with Gasteiger partial charge in [0.05, 0.1) is 16.9 Å². The molecule has 1 heterocycles. The normalized spacial score (nSPS) is 11.5. The van der Waals surface area contributed by atoms with Crippen molar-refractivity contribution >= 4 is 43.0 Å². The van der Waals surface area contributed by atoms with E-state index in [0.717, 1.165) is 21.9 Å². The number of sulfonamides is 1. The Bertz CT molecular complexity index is 680. The number of anilines is 1. The van der Waals surface area contributed by atoms with E-state index >= 15 is 0 Å². The number of thiazole rings is 1. The van der Waals surface area contributed by atoms with Gasteiger partial charge in [-0.3, -0.25) is 4.72 Å². The molecule has 7 heteroatoms. The van der Waals surface area contributed by atoms with Gasteiger partial charge in [-0.2, -0.15) is 0 Å². The number of aryl methyl sites for hydroxylation is 2. The number of aromatic nitrogens is 1. The molecule has 0 saturated carbocycles. The zero-order chi connectivity index (χ0) is 13.3. The Morgan fingerprint density at radius 2 is 2.06 bits per heavy atom. The minimum atomic E-state index is -3.55. The molecule has 0 radical (unpaired) electrons. The number of halogens is 1. The van der Waals surface area contributed by atoms with Crippen molar-refractivity contribution in [2.24, 2.45) is 0 Å².